The predicted octanol–water partition coefficient (Wildman–Crippen LogP) is 3.54. The van der Waals surface area contributed by atoms with E-state index in [0.29, 0.717) is 17.8 Å². The molecule has 3 heteroatoms. The van der Waals surface area contributed by atoms with Crippen LogP contribution >= 0.6 is 0 Å². The molecule has 0 amide bonds. The number of aldehydes is 1. The Morgan fingerprint density at radius 2 is 2.09 bits per heavy atom. The van der Waals surface area contributed by atoms with E-state index >= 15 is 0 Å². The van der Waals surface area contributed by atoms with E-state index in [4.69, 9.17) is 0 Å². The van der Waals surface area contributed by atoms with Crippen LogP contribution in [0.3, 0.4) is 0 Å². The Morgan fingerprint density at radius 3 is 2.68 bits per heavy atom. The summed E-state index contributed by atoms with van der Waals surface area (Å²) in [6.45, 7) is 6.48. The molecule has 0 aromatic rings. The quantitative estimate of drug-likeness (QED) is 0.641. The van der Waals surface area contributed by atoms with Gasteiger partial charge in [0.1, 0.15) is 6.29 Å². The third kappa shape index (κ3) is 1.35. The normalized spacial score (nSPS) is 51.8. The molecule has 0 aromatic heterocycles. The maximum Gasteiger partial charge on any atom is 0.314 e. The van der Waals surface area contributed by atoms with Crippen molar-refractivity contribution >= 4 is 12.3 Å². The molecule has 4 aliphatic carbocycles. The van der Waals surface area contributed by atoms with Gasteiger partial charge < -0.3 is 9.90 Å². The highest BCUT2D eigenvalue weighted by Gasteiger charge is 2.75. The van der Waals surface area contributed by atoms with E-state index in [0.717, 1.165) is 31.1 Å². The van der Waals surface area contributed by atoms with Crippen LogP contribution in [0.5, 0.6) is 0 Å². The zero-order valence-electron chi connectivity index (χ0n) is 13.7. The topological polar surface area (TPSA) is 54.4 Å². The summed E-state index contributed by atoms with van der Waals surface area (Å²) in [6, 6.07) is 0. The van der Waals surface area contributed by atoms with Gasteiger partial charge in [0, 0.05) is 5.41 Å². The Bertz CT molecular complexity index is 577. The molecule has 0 heterocycles. The standard InChI is InChI=1S/C19H26O3/c1-10(2)14-7-18(9-20)8-15-12-5-4-11(3)13(12)6-16(18)19(14,15)17(21)22/h7,9-13,15-16H,4-6,8H2,1-3H3,(H,21,22). The lowest BCUT2D eigenvalue weighted by Gasteiger charge is -2.48. The minimum absolute atomic E-state index is 0.000741. The second-order valence-corrected chi connectivity index (χ2v) is 8.64. The number of fused-ring (bicyclic) bond motifs is 2. The summed E-state index contributed by atoms with van der Waals surface area (Å²) in [6.07, 6.45) is 7.25. The fourth-order valence-electron chi connectivity index (χ4n) is 6.97. The van der Waals surface area contributed by atoms with Crippen molar-refractivity contribution in [2.24, 2.45) is 46.3 Å². The first-order chi connectivity index (χ1) is 10.4. The summed E-state index contributed by atoms with van der Waals surface area (Å²) in [5.74, 6) is 1.53. The third-order valence-electron chi connectivity index (χ3n) is 7.71. The molecule has 4 bridgehead atoms. The van der Waals surface area contributed by atoms with Crippen LogP contribution in [0.1, 0.15) is 46.5 Å². The highest BCUT2D eigenvalue weighted by Crippen LogP contribution is 2.76. The van der Waals surface area contributed by atoms with E-state index < -0.39 is 16.8 Å². The minimum atomic E-state index is -0.750. The molecule has 4 rings (SSSR count). The summed E-state index contributed by atoms with van der Waals surface area (Å²) < 4.78 is 0. The van der Waals surface area contributed by atoms with Gasteiger partial charge in [-0.2, -0.15) is 0 Å². The van der Waals surface area contributed by atoms with Gasteiger partial charge in [-0.05, 0) is 54.8 Å². The zero-order chi connectivity index (χ0) is 15.9. The van der Waals surface area contributed by atoms with Crippen molar-refractivity contribution in [3.05, 3.63) is 11.6 Å². The van der Waals surface area contributed by atoms with E-state index in [2.05, 4.69) is 26.8 Å². The van der Waals surface area contributed by atoms with Gasteiger partial charge in [-0.1, -0.05) is 38.8 Å². The first-order valence-electron chi connectivity index (χ1n) is 8.81. The average molecular weight is 302 g/mol. The van der Waals surface area contributed by atoms with Crippen LogP contribution in [-0.4, -0.2) is 17.4 Å². The number of hydrogen-bond donors (Lipinski definition) is 1. The third-order valence-corrected chi connectivity index (χ3v) is 7.71. The molecule has 7 unspecified atom stereocenters. The molecule has 0 spiro atoms. The maximum atomic E-state index is 12.5. The van der Waals surface area contributed by atoms with E-state index in [1.165, 1.54) is 6.42 Å². The lowest BCUT2D eigenvalue weighted by atomic mass is 9.54. The van der Waals surface area contributed by atoms with Crippen LogP contribution in [0.4, 0.5) is 0 Å². The van der Waals surface area contributed by atoms with Gasteiger partial charge in [-0.25, -0.2) is 0 Å². The highest BCUT2D eigenvalue weighted by atomic mass is 16.4. The summed E-state index contributed by atoms with van der Waals surface area (Å²) >= 11 is 0. The van der Waals surface area contributed by atoms with Crippen molar-refractivity contribution in [1.29, 1.82) is 0 Å². The second-order valence-electron chi connectivity index (χ2n) is 8.64. The zero-order valence-corrected chi connectivity index (χ0v) is 13.7. The molecule has 0 radical (unpaired) electrons. The van der Waals surface area contributed by atoms with Crippen LogP contribution in [-0.2, 0) is 9.59 Å². The molecule has 7 atom stereocenters. The number of carbonyl (C=O) groups is 2. The van der Waals surface area contributed by atoms with Gasteiger partial charge in [0.25, 0.3) is 0 Å². The molecule has 1 N–H and O–H groups in total. The molecule has 4 aliphatic rings. The molecular weight excluding hydrogens is 276 g/mol. The summed E-state index contributed by atoms with van der Waals surface area (Å²) in [5, 5.41) is 10.3. The second kappa shape index (κ2) is 4.24. The van der Waals surface area contributed by atoms with Crippen molar-refractivity contribution in [2.75, 3.05) is 0 Å². The number of carboxylic acid groups (broad SMARTS) is 1. The van der Waals surface area contributed by atoms with Gasteiger partial charge in [0.2, 0.25) is 0 Å². The lowest BCUT2D eigenvalue weighted by Crippen LogP contribution is -2.50. The first kappa shape index (κ1) is 14.5. The molecule has 0 saturated heterocycles. The van der Waals surface area contributed by atoms with E-state index in [-0.39, 0.29) is 17.8 Å². The monoisotopic (exact) mass is 302 g/mol. The first-order valence-corrected chi connectivity index (χ1v) is 8.81. The highest BCUT2D eigenvalue weighted by molar-refractivity contribution is 5.86. The predicted molar refractivity (Wildman–Crippen MR) is 83.1 cm³/mol. The number of allylic oxidation sites excluding steroid dienone is 1. The van der Waals surface area contributed by atoms with Gasteiger partial charge in [-0.15, -0.1) is 0 Å². The van der Waals surface area contributed by atoms with E-state index in [9.17, 15) is 14.7 Å². The van der Waals surface area contributed by atoms with Crippen LogP contribution in [0.2, 0.25) is 0 Å². The van der Waals surface area contributed by atoms with Crippen LogP contribution in [0.15, 0.2) is 11.6 Å². The molecular formula is C19H26O3. The number of carboxylic acids is 1. The van der Waals surface area contributed by atoms with Crippen molar-refractivity contribution in [2.45, 2.75) is 46.5 Å². The molecule has 3 fully saturated rings. The molecule has 3 saturated carbocycles. The maximum absolute atomic E-state index is 12.5. The summed E-state index contributed by atoms with van der Waals surface area (Å²) in [5.41, 5.74) is -0.195. The summed E-state index contributed by atoms with van der Waals surface area (Å²) in [4.78, 5) is 24.5. The van der Waals surface area contributed by atoms with Crippen molar-refractivity contribution in [3.63, 3.8) is 0 Å². The van der Waals surface area contributed by atoms with Crippen LogP contribution in [0.25, 0.3) is 0 Å². The van der Waals surface area contributed by atoms with Gasteiger partial charge in [-0.3, -0.25) is 4.79 Å². The smallest absolute Gasteiger partial charge is 0.314 e. The van der Waals surface area contributed by atoms with Crippen LogP contribution < -0.4 is 0 Å². The van der Waals surface area contributed by atoms with E-state index in [1.807, 2.05) is 0 Å². The molecule has 0 aliphatic heterocycles. The minimum Gasteiger partial charge on any atom is -0.481 e. The SMILES string of the molecule is CC(C)C1=CC2(C=O)CC3C4CCC(C)C4CC2C13C(=O)O. The Balaban J connectivity index is 1.91. The van der Waals surface area contributed by atoms with E-state index in [1.54, 1.807) is 0 Å². The Morgan fingerprint density at radius 1 is 1.36 bits per heavy atom. The molecule has 22 heavy (non-hydrogen) atoms. The Kier molecular flexibility index (Phi) is 2.79. The summed E-state index contributed by atoms with van der Waals surface area (Å²) in [7, 11) is 0. The fraction of sp³-hybridized carbons (Fsp3) is 0.789. The van der Waals surface area contributed by atoms with Crippen molar-refractivity contribution < 1.29 is 14.7 Å². The van der Waals surface area contributed by atoms with Crippen LogP contribution in [0, 0.1) is 46.3 Å². The van der Waals surface area contributed by atoms with Crippen molar-refractivity contribution in [3.8, 4) is 0 Å². The number of carbonyl (C=O) groups excluding carboxylic acids is 1. The Labute approximate surface area is 132 Å². The van der Waals surface area contributed by atoms with Gasteiger partial charge in [0.05, 0.1) is 5.41 Å². The fourth-order valence-corrected chi connectivity index (χ4v) is 6.97. The lowest BCUT2D eigenvalue weighted by molar-refractivity contribution is -0.157. The Hall–Kier alpha value is -1.12. The number of aliphatic carboxylic acids is 1. The molecule has 120 valence electrons. The van der Waals surface area contributed by atoms with Crippen molar-refractivity contribution in [1.82, 2.24) is 0 Å². The average Bonchev–Trinajstić information content (AvgIpc) is 3.05. The van der Waals surface area contributed by atoms with Gasteiger partial charge in [0.15, 0.2) is 0 Å². The molecule has 0 aromatic carbocycles. The number of hydrogen-bond acceptors (Lipinski definition) is 2. The molecule has 3 nitrogen and oxygen atoms in total. The number of rotatable bonds is 3. The van der Waals surface area contributed by atoms with Gasteiger partial charge >= 0.3 is 5.97 Å². The largest absolute Gasteiger partial charge is 0.481 e.